The minimum Gasteiger partial charge on any atom is -0.508 e. The molecule has 0 radical (unpaired) electrons. The lowest BCUT2D eigenvalue weighted by Gasteiger charge is -2.21. The zero-order valence-electron chi connectivity index (χ0n) is 15.2. The number of methoxy groups -OCH3 is 2. The molecule has 0 aliphatic carbocycles. The van der Waals surface area contributed by atoms with Gasteiger partial charge in [0.15, 0.2) is 11.5 Å². The fourth-order valence-electron chi connectivity index (χ4n) is 2.69. The summed E-state index contributed by atoms with van der Waals surface area (Å²) in [7, 11) is 3.24. The number of hydrogen-bond donors (Lipinski definition) is 3. The number of aliphatic hydroxyl groups excluding tert-OH is 1. The highest BCUT2D eigenvalue weighted by Gasteiger charge is 2.16. The molecule has 0 aliphatic rings. The first-order chi connectivity index (χ1) is 12.0. The van der Waals surface area contributed by atoms with Crippen LogP contribution in [0.15, 0.2) is 36.4 Å². The number of aromatic hydroxyl groups is 1. The van der Waals surface area contributed by atoms with E-state index in [0.29, 0.717) is 23.6 Å². The van der Waals surface area contributed by atoms with Gasteiger partial charge in [0.05, 0.1) is 20.3 Å². The van der Waals surface area contributed by atoms with Gasteiger partial charge in [-0.1, -0.05) is 18.2 Å². The number of hydrogen-bond acceptors (Lipinski definition) is 5. The van der Waals surface area contributed by atoms with E-state index in [2.05, 4.69) is 5.32 Å². The number of ether oxygens (including phenoxy) is 2. The second kappa shape index (κ2) is 8.74. The number of aliphatic hydroxyl groups is 1. The van der Waals surface area contributed by atoms with Crippen LogP contribution < -0.4 is 14.8 Å². The summed E-state index contributed by atoms with van der Waals surface area (Å²) >= 11 is 0. The highest BCUT2D eigenvalue weighted by molar-refractivity contribution is 5.43. The Kier molecular flexibility index (Phi) is 6.67. The van der Waals surface area contributed by atoms with Crippen LogP contribution in [0.2, 0.25) is 0 Å². The average Bonchev–Trinajstić information content (AvgIpc) is 2.63. The third kappa shape index (κ3) is 4.87. The maximum Gasteiger partial charge on any atom is 0.160 e. The number of phenols is 1. The Balaban J connectivity index is 1.91. The second-order valence-electron chi connectivity index (χ2n) is 6.17. The molecule has 25 heavy (non-hydrogen) atoms. The molecule has 0 amide bonds. The lowest BCUT2D eigenvalue weighted by Crippen LogP contribution is -2.33. The minimum atomic E-state index is -0.683. The number of aryl methyl sites for hydroxylation is 1. The number of rotatable bonds is 8. The lowest BCUT2D eigenvalue weighted by atomic mass is 10.0. The van der Waals surface area contributed by atoms with Gasteiger partial charge in [-0.2, -0.15) is 0 Å². The van der Waals surface area contributed by atoms with Gasteiger partial charge in [0.25, 0.3) is 0 Å². The molecule has 0 spiro atoms. The summed E-state index contributed by atoms with van der Waals surface area (Å²) in [6, 6.07) is 11.0. The highest BCUT2D eigenvalue weighted by Crippen LogP contribution is 2.28. The van der Waals surface area contributed by atoms with E-state index in [-0.39, 0.29) is 11.8 Å². The molecule has 5 heteroatoms. The van der Waals surface area contributed by atoms with Crippen molar-refractivity contribution >= 4 is 0 Å². The van der Waals surface area contributed by atoms with E-state index in [9.17, 15) is 10.2 Å². The lowest BCUT2D eigenvalue weighted by molar-refractivity contribution is 0.136. The van der Waals surface area contributed by atoms with Crippen LogP contribution in [-0.4, -0.2) is 37.0 Å². The first-order valence-electron chi connectivity index (χ1n) is 8.38. The van der Waals surface area contributed by atoms with Crippen molar-refractivity contribution in [3.8, 4) is 17.2 Å². The van der Waals surface area contributed by atoms with Crippen molar-refractivity contribution in [2.45, 2.75) is 32.4 Å². The van der Waals surface area contributed by atoms with Crippen molar-refractivity contribution in [3.63, 3.8) is 0 Å². The fraction of sp³-hybridized carbons (Fsp3) is 0.400. The van der Waals surface area contributed by atoms with Crippen molar-refractivity contribution in [1.29, 1.82) is 0 Å². The van der Waals surface area contributed by atoms with Gasteiger partial charge in [-0.05, 0) is 61.7 Å². The maximum absolute atomic E-state index is 10.4. The molecule has 5 nitrogen and oxygen atoms in total. The quantitative estimate of drug-likeness (QED) is 0.686. The maximum atomic E-state index is 10.4. The van der Waals surface area contributed by atoms with Gasteiger partial charge >= 0.3 is 0 Å². The van der Waals surface area contributed by atoms with Crippen LogP contribution in [0, 0.1) is 6.92 Å². The van der Waals surface area contributed by atoms with Crippen LogP contribution >= 0.6 is 0 Å². The predicted molar refractivity (Wildman–Crippen MR) is 98.5 cm³/mol. The molecule has 2 aromatic rings. The molecule has 136 valence electrons. The molecular weight excluding hydrogens is 318 g/mol. The molecule has 0 bridgehead atoms. The normalized spacial score (nSPS) is 13.3. The summed E-state index contributed by atoms with van der Waals surface area (Å²) < 4.78 is 10.6. The van der Waals surface area contributed by atoms with Gasteiger partial charge in [-0.25, -0.2) is 0 Å². The van der Waals surface area contributed by atoms with Gasteiger partial charge < -0.3 is 25.0 Å². The molecule has 0 fully saturated rings. The Morgan fingerprint density at radius 1 is 1.04 bits per heavy atom. The standard InChI is InChI=1S/C20H27NO4/c1-13-5-7-16(12-17(13)22)20(23)14(2)21-10-9-15-6-8-18(24-3)19(11-15)25-4/h5-8,11-12,14,20-23H,9-10H2,1-4H3. The zero-order chi connectivity index (χ0) is 18.4. The molecule has 2 atom stereocenters. The SMILES string of the molecule is COc1ccc(CCNC(C)C(O)c2ccc(C)c(O)c2)cc1OC. The summed E-state index contributed by atoms with van der Waals surface area (Å²) in [5.74, 6) is 1.62. The van der Waals surface area contributed by atoms with Gasteiger partial charge in [0, 0.05) is 6.04 Å². The van der Waals surface area contributed by atoms with Crippen molar-refractivity contribution in [2.24, 2.45) is 0 Å². The molecule has 2 aromatic carbocycles. The van der Waals surface area contributed by atoms with Crippen molar-refractivity contribution in [1.82, 2.24) is 5.32 Å². The number of benzene rings is 2. The van der Waals surface area contributed by atoms with Crippen LogP contribution in [0.5, 0.6) is 17.2 Å². The molecule has 0 saturated carbocycles. The summed E-state index contributed by atoms with van der Waals surface area (Å²) in [4.78, 5) is 0. The predicted octanol–water partition coefficient (Wildman–Crippen LogP) is 2.97. The Hall–Kier alpha value is -2.24. The Bertz CT molecular complexity index is 702. The van der Waals surface area contributed by atoms with E-state index in [1.807, 2.05) is 44.2 Å². The smallest absolute Gasteiger partial charge is 0.160 e. The molecular formula is C20H27NO4. The van der Waals surface area contributed by atoms with E-state index in [0.717, 1.165) is 17.5 Å². The Morgan fingerprint density at radius 3 is 2.40 bits per heavy atom. The van der Waals surface area contributed by atoms with Crippen LogP contribution in [-0.2, 0) is 6.42 Å². The Labute approximate surface area is 149 Å². The van der Waals surface area contributed by atoms with Crippen LogP contribution in [0.25, 0.3) is 0 Å². The van der Waals surface area contributed by atoms with Crippen molar-refractivity contribution in [2.75, 3.05) is 20.8 Å². The number of nitrogens with one attached hydrogen (secondary N) is 1. The summed E-state index contributed by atoms with van der Waals surface area (Å²) in [6.07, 6.45) is 0.119. The molecule has 0 saturated heterocycles. The molecule has 2 rings (SSSR count). The first-order valence-corrected chi connectivity index (χ1v) is 8.38. The van der Waals surface area contributed by atoms with E-state index in [1.165, 1.54) is 0 Å². The van der Waals surface area contributed by atoms with E-state index >= 15 is 0 Å². The molecule has 0 aliphatic heterocycles. The van der Waals surface area contributed by atoms with Gasteiger partial charge in [0.2, 0.25) is 0 Å². The topological polar surface area (TPSA) is 71.0 Å². The monoisotopic (exact) mass is 345 g/mol. The van der Waals surface area contributed by atoms with Gasteiger partial charge in [-0.15, -0.1) is 0 Å². The minimum absolute atomic E-state index is 0.137. The molecule has 3 N–H and O–H groups in total. The van der Waals surface area contributed by atoms with Gasteiger partial charge in [-0.3, -0.25) is 0 Å². The second-order valence-corrected chi connectivity index (χ2v) is 6.17. The third-order valence-electron chi connectivity index (χ3n) is 4.38. The molecule has 2 unspecified atom stereocenters. The van der Waals surface area contributed by atoms with Crippen molar-refractivity contribution < 1.29 is 19.7 Å². The van der Waals surface area contributed by atoms with Crippen LogP contribution in [0.3, 0.4) is 0 Å². The number of phenolic OH excluding ortho intramolecular Hbond substituents is 1. The van der Waals surface area contributed by atoms with Crippen LogP contribution in [0.4, 0.5) is 0 Å². The largest absolute Gasteiger partial charge is 0.508 e. The van der Waals surface area contributed by atoms with E-state index < -0.39 is 6.10 Å². The Morgan fingerprint density at radius 2 is 1.76 bits per heavy atom. The van der Waals surface area contributed by atoms with Gasteiger partial charge in [0.1, 0.15) is 5.75 Å². The third-order valence-corrected chi connectivity index (χ3v) is 4.38. The summed E-state index contributed by atoms with van der Waals surface area (Å²) in [5.41, 5.74) is 2.62. The van der Waals surface area contributed by atoms with Crippen molar-refractivity contribution in [3.05, 3.63) is 53.1 Å². The van der Waals surface area contributed by atoms with E-state index in [4.69, 9.17) is 9.47 Å². The first kappa shape index (κ1) is 19.1. The average molecular weight is 345 g/mol. The highest BCUT2D eigenvalue weighted by atomic mass is 16.5. The zero-order valence-corrected chi connectivity index (χ0v) is 15.2. The van der Waals surface area contributed by atoms with Crippen LogP contribution in [0.1, 0.15) is 29.7 Å². The summed E-state index contributed by atoms with van der Waals surface area (Å²) in [5, 5.41) is 23.6. The molecule has 0 aromatic heterocycles. The fourth-order valence-corrected chi connectivity index (χ4v) is 2.69. The summed E-state index contributed by atoms with van der Waals surface area (Å²) in [6.45, 7) is 4.47. The molecule has 0 heterocycles. The van der Waals surface area contributed by atoms with E-state index in [1.54, 1.807) is 20.3 Å².